The highest BCUT2D eigenvalue weighted by Crippen LogP contribution is 2.30. The van der Waals surface area contributed by atoms with Gasteiger partial charge in [-0.05, 0) is 49.2 Å². The fourth-order valence-corrected chi connectivity index (χ4v) is 4.81. The predicted molar refractivity (Wildman–Crippen MR) is 124 cm³/mol. The zero-order chi connectivity index (χ0) is 20.9. The molecule has 2 heterocycles. The Morgan fingerprint density at radius 3 is 2.73 bits per heavy atom. The van der Waals surface area contributed by atoms with Crippen molar-refractivity contribution in [3.8, 4) is 5.75 Å². The van der Waals surface area contributed by atoms with Gasteiger partial charge in [-0.3, -0.25) is 4.79 Å². The first-order valence-electron chi connectivity index (χ1n) is 10.8. The molecule has 6 heteroatoms. The molecular formula is C24H29N3O2S. The van der Waals surface area contributed by atoms with Crippen molar-refractivity contribution in [2.24, 2.45) is 0 Å². The molecule has 0 unspecified atom stereocenters. The SMILES string of the molecule is CCCCCOc1cccc(C(=O)N2CCN(c3nc4ccc(C)cc4s3)CC2)c1. The van der Waals surface area contributed by atoms with Gasteiger partial charge in [0.15, 0.2) is 5.13 Å². The van der Waals surface area contributed by atoms with Gasteiger partial charge in [-0.15, -0.1) is 0 Å². The number of nitrogens with zero attached hydrogens (tertiary/aromatic N) is 3. The first kappa shape index (κ1) is 20.7. The maximum atomic E-state index is 13.0. The summed E-state index contributed by atoms with van der Waals surface area (Å²) in [5, 5.41) is 1.05. The molecule has 158 valence electrons. The van der Waals surface area contributed by atoms with Crippen LogP contribution in [0.2, 0.25) is 0 Å². The molecule has 0 aliphatic carbocycles. The van der Waals surface area contributed by atoms with E-state index in [0.717, 1.165) is 42.3 Å². The number of hydrogen-bond acceptors (Lipinski definition) is 5. The second kappa shape index (κ2) is 9.47. The second-order valence-electron chi connectivity index (χ2n) is 7.83. The van der Waals surface area contributed by atoms with E-state index >= 15 is 0 Å². The van der Waals surface area contributed by atoms with E-state index in [9.17, 15) is 4.79 Å². The van der Waals surface area contributed by atoms with Crippen LogP contribution in [0.4, 0.5) is 5.13 Å². The maximum Gasteiger partial charge on any atom is 0.254 e. The number of anilines is 1. The molecule has 2 aromatic carbocycles. The summed E-state index contributed by atoms with van der Waals surface area (Å²) in [7, 11) is 0. The Kier molecular flexibility index (Phi) is 6.53. The molecule has 3 aromatic rings. The van der Waals surface area contributed by atoms with Crippen LogP contribution in [0.15, 0.2) is 42.5 Å². The molecule has 1 fully saturated rings. The zero-order valence-electron chi connectivity index (χ0n) is 17.8. The van der Waals surface area contributed by atoms with Crippen molar-refractivity contribution in [1.29, 1.82) is 0 Å². The number of amides is 1. The first-order chi connectivity index (χ1) is 14.6. The molecule has 1 aromatic heterocycles. The average molecular weight is 424 g/mol. The third kappa shape index (κ3) is 4.75. The number of unbranched alkanes of at least 4 members (excludes halogenated alkanes) is 2. The highest BCUT2D eigenvalue weighted by atomic mass is 32.1. The molecular weight excluding hydrogens is 394 g/mol. The van der Waals surface area contributed by atoms with Crippen LogP contribution in [0.1, 0.15) is 42.1 Å². The lowest BCUT2D eigenvalue weighted by Crippen LogP contribution is -2.48. The Bertz CT molecular complexity index is 1010. The third-order valence-corrected chi connectivity index (χ3v) is 6.55. The van der Waals surface area contributed by atoms with E-state index in [1.807, 2.05) is 29.2 Å². The Morgan fingerprint density at radius 2 is 1.93 bits per heavy atom. The Labute approximate surface area is 182 Å². The second-order valence-corrected chi connectivity index (χ2v) is 8.84. The first-order valence-corrected chi connectivity index (χ1v) is 11.6. The molecule has 5 nitrogen and oxygen atoms in total. The van der Waals surface area contributed by atoms with E-state index in [1.54, 1.807) is 11.3 Å². The van der Waals surface area contributed by atoms with Crippen molar-refractivity contribution in [2.75, 3.05) is 37.7 Å². The van der Waals surface area contributed by atoms with Gasteiger partial charge in [0.05, 0.1) is 16.8 Å². The summed E-state index contributed by atoms with van der Waals surface area (Å²) in [4.78, 5) is 22.0. The number of benzene rings is 2. The molecule has 0 radical (unpaired) electrons. The number of fused-ring (bicyclic) bond motifs is 1. The van der Waals surface area contributed by atoms with Crippen molar-refractivity contribution in [3.05, 3.63) is 53.6 Å². The maximum absolute atomic E-state index is 13.0. The van der Waals surface area contributed by atoms with Crippen LogP contribution in [-0.2, 0) is 0 Å². The summed E-state index contributed by atoms with van der Waals surface area (Å²) in [5.74, 6) is 0.856. The van der Waals surface area contributed by atoms with Crippen LogP contribution in [0, 0.1) is 6.92 Å². The minimum atomic E-state index is 0.0774. The molecule has 1 aliphatic heterocycles. The summed E-state index contributed by atoms with van der Waals surface area (Å²) in [6.45, 7) is 8.00. The van der Waals surface area contributed by atoms with E-state index < -0.39 is 0 Å². The fourth-order valence-electron chi connectivity index (χ4n) is 3.70. The van der Waals surface area contributed by atoms with E-state index in [4.69, 9.17) is 9.72 Å². The summed E-state index contributed by atoms with van der Waals surface area (Å²) in [6, 6.07) is 14.0. The monoisotopic (exact) mass is 423 g/mol. The molecule has 0 spiro atoms. The topological polar surface area (TPSA) is 45.7 Å². The highest BCUT2D eigenvalue weighted by molar-refractivity contribution is 7.22. The molecule has 0 bridgehead atoms. The van der Waals surface area contributed by atoms with Gasteiger partial charge >= 0.3 is 0 Å². The largest absolute Gasteiger partial charge is 0.494 e. The van der Waals surface area contributed by atoms with Crippen molar-refractivity contribution in [2.45, 2.75) is 33.1 Å². The van der Waals surface area contributed by atoms with Crippen molar-refractivity contribution < 1.29 is 9.53 Å². The van der Waals surface area contributed by atoms with Crippen LogP contribution < -0.4 is 9.64 Å². The molecule has 1 amide bonds. The van der Waals surface area contributed by atoms with Crippen molar-refractivity contribution in [1.82, 2.24) is 9.88 Å². The summed E-state index contributed by atoms with van der Waals surface area (Å²) < 4.78 is 7.03. The molecule has 1 saturated heterocycles. The quantitative estimate of drug-likeness (QED) is 0.494. The lowest BCUT2D eigenvalue weighted by molar-refractivity contribution is 0.0746. The normalized spacial score (nSPS) is 14.3. The van der Waals surface area contributed by atoms with Gasteiger partial charge in [0.25, 0.3) is 5.91 Å². The van der Waals surface area contributed by atoms with Crippen LogP contribution in [0.3, 0.4) is 0 Å². The molecule has 0 N–H and O–H groups in total. The van der Waals surface area contributed by atoms with Crippen LogP contribution in [0.5, 0.6) is 5.75 Å². The molecule has 0 saturated carbocycles. The van der Waals surface area contributed by atoms with E-state index in [0.29, 0.717) is 25.3 Å². The summed E-state index contributed by atoms with van der Waals surface area (Å²) in [6.07, 6.45) is 3.38. The van der Waals surface area contributed by atoms with E-state index in [-0.39, 0.29) is 5.91 Å². The standard InChI is InChI=1S/C24H29N3O2S/c1-3-4-5-15-29-20-8-6-7-19(17-20)23(28)26-11-13-27(14-12-26)24-25-21-10-9-18(2)16-22(21)30-24/h6-10,16-17H,3-5,11-15H2,1-2H3. The van der Waals surface area contributed by atoms with Gasteiger partial charge < -0.3 is 14.5 Å². The third-order valence-electron chi connectivity index (χ3n) is 5.47. The molecule has 30 heavy (non-hydrogen) atoms. The molecule has 0 atom stereocenters. The van der Waals surface area contributed by atoms with Gasteiger partial charge in [-0.2, -0.15) is 0 Å². The minimum Gasteiger partial charge on any atom is -0.494 e. The Hall–Kier alpha value is -2.60. The van der Waals surface area contributed by atoms with Gasteiger partial charge in [0.1, 0.15) is 5.75 Å². The van der Waals surface area contributed by atoms with Crippen molar-refractivity contribution >= 4 is 32.6 Å². The highest BCUT2D eigenvalue weighted by Gasteiger charge is 2.24. The smallest absolute Gasteiger partial charge is 0.254 e. The summed E-state index contributed by atoms with van der Waals surface area (Å²) >= 11 is 1.73. The number of hydrogen-bond donors (Lipinski definition) is 0. The number of piperazine rings is 1. The fraction of sp³-hybridized carbons (Fsp3) is 0.417. The predicted octanol–water partition coefficient (Wildman–Crippen LogP) is 5.14. The molecule has 1 aliphatic rings. The lowest BCUT2D eigenvalue weighted by atomic mass is 10.1. The number of carbonyl (C=O) groups excluding carboxylic acids is 1. The lowest BCUT2D eigenvalue weighted by Gasteiger charge is -2.34. The number of rotatable bonds is 7. The van der Waals surface area contributed by atoms with E-state index in [1.165, 1.54) is 16.7 Å². The number of ether oxygens (including phenoxy) is 1. The van der Waals surface area contributed by atoms with Crippen LogP contribution >= 0.6 is 11.3 Å². The van der Waals surface area contributed by atoms with Crippen LogP contribution in [-0.4, -0.2) is 48.6 Å². The minimum absolute atomic E-state index is 0.0774. The Morgan fingerprint density at radius 1 is 1.10 bits per heavy atom. The van der Waals surface area contributed by atoms with Gasteiger partial charge in [-0.25, -0.2) is 4.98 Å². The van der Waals surface area contributed by atoms with Gasteiger partial charge in [0, 0.05) is 31.7 Å². The number of thiazole rings is 1. The number of carbonyl (C=O) groups is 1. The van der Waals surface area contributed by atoms with Crippen molar-refractivity contribution in [3.63, 3.8) is 0 Å². The summed E-state index contributed by atoms with van der Waals surface area (Å²) in [5.41, 5.74) is 3.01. The Balaban J connectivity index is 1.35. The van der Waals surface area contributed by atoms with Gasteiger partial charge in [-0.1, -0.05) is 43.2 Å². The van der Waals surface area contributed by atoms with Gasteiger partial charge in [0.2, 0.25) is 0 Å². The average Bonchev–Trinajstić information content (AvgIpc) is 3.20. The number of aromatic nitrogens is 1. The van der Waals surface area contributed by atoms with Crippen LogP contribution in [0.25, 0.3) is 10.2 Å². The van der Waals surface area contributed by atoms with E-state index in [2.05, 4.69) is 36.9 Å². The number of aryl methyl sites for hydroxylation is 1. The molecule has 4 rings (SSSR count). The zero-order valence-corrected chi connectivity index (χ0v) is 18.6.